The molecular weight excluding hydrogens is 327 g/mol. The molecule has 0 aromatic heterocycles. The lowest BCUT2D eigenvalue weighted by molar-refractivity contribution is 0.232. The third-order valence-electron chi connectivity index (χ3n) is 3.42. The van der Waals surface area contributed by atoms with Crippen molar-refractivity contribution >= 4 is 24.8 Å². The van der Waals surface area contributed by atoms with Crippen LogP contribution in [-0.2, 0) is 6.54 Å². The van der Waals surface area contributed by atoms with E-state index in [9.17, 15) is 0 Å². The molecule has 0 saturated carbocycles. The first-order valence-corrected chi connectivity index (χ1v) is 7.09. The molecule has 1 heterocycles. The molecular formula is C15H26Cl2N2O3. The molecule has 1 aliphatic heterocycles. The lowest BCUT2D eigenvalue weighted by Crippen LogP contribution is -2.42. The van der Waals surface area contributed by atoms with Gasteiger partial charge >= 0.3 is 0 Å². The molecule has 0 atom stereocenters. The molecule has 0 amide bonds. The number of ether oxygens (including phenoxy) is 3. The number of nitrogens with one attached hydrogen (secondary N) is 1. The Morgan fingerprint density at radius 2 is 1.59 bits per heavy atom. The fraction of sp³-hybridized carbons (Fsp3) is 0.600. The highest BCUT2D eigenvalue weighted by atomic mass is 35.5. The van der Waals surface area contributed by atoms with Crippen LogP contribution in [0.15, 0.2) is 12.1 Å². The summed E-state index contributed by atoms with van der Waals surface area (Å²) in [4.78, 5) is 2.42. The predicted molar refractivity (Wildman–Crippen MR) is 93.4 cm³/mol. The van der Waals surface area contributed by atoms with E-state index in [1.54, 1.807) is 14.2 Å². The summed E-state index contributed by atoms with van der Waals surface area (Å²) in [6, 6.07) is 4.07. The normalized spacial score (nSPS) is 14.5. The summed E-state index contributed by atoms with van der Waals surface area (Å²) in [5, 5.41) is 3.36. The van der Waals surface area contributed by atoms with Gasteiger partial charge in [-0.25, -0.2) is 0 Å². The van der Waals surface area contributed by atoms with Gasteiger partial charge < -0.3 is 19.5 Å². The first-order valence-electron chi connectivity index (χ1n) is 7.09. The molecule has 7 heteroatoms. The summed E-state index contributed by atoms with van der Waals surface area (Å²) in [5.41, 5.74) is 1.18. The van der Waals surface area contributed by atoms with Gasteiger partial charge in [-0.1, -0.05) is 0 Å². The van der Waals surface area contributed by atoms with Crippen molar-refractivity contribution < 1.29 is 14.2 Å². The highest BCUT2D eigenvalue weighted by Gasteiger charge is 2.16. The van der Waals surface area contributed by atoms with Gasteiger partial charge in [-0.2, -0.15) is 0 Å². The molecule has 1 aromatic rings. The van der Waals surface area contributed by atoms with E-state index in [-0.39, 0.29) is 24.8 Å². The average Bonchev–Trinajstić information content (AvgIpc) is 2.49. The van der Waals surface area contributed by atoms with E-state index in [2.05, 4.69) is 10.2 Å². The lowest BCUT2D eigenvalue weighted by Gasteiger charge is -2.27. The second-order valence-electron chi connectivity index (χ2n) is 4.79. The topological polar surface area (TPSA) is 43.0 Å². The minimum absolute atomic E-state index is 0. The smallest absolute Gasteiger partial charge is 0.203 e. The third kappa shape index (κ3) is 5.39. The van der Waals surface area contributed by atoms with Crippen LogP contribution < -0.4 is 19.5 Å². The fourth-order valence-electron chi connectivity index (χ4n) is 2.44. The van der Waals surface area contributed by atoms with Crippen molar-refractivity contribution in [1.29, 1.82) is 0 Å². The van der Waals surface area contributed by atoms with E-state index in [1.165, 1.54) is 5.56 Å². The Labute approximate surface area is 145 Å². The summed E-state index contributed by atoms with van der Waals surface area (Å²) in [6.45, 7) is 7.67. The fourth-order valence-corrected chi connectivity index (χ4v) is 2.44. The number of hydrogen-bond donors (Lipinski definition) is 1. The van der Waals surface area contributed by atoms with Crippen LogP contribution in [0.1, 0.15) is 12.5 Å². The van der Waals surface area contributed by atoms with Crippen molar-refractivity contribution in [2.75, 3.05) is 47.0 Å². The van der Waals surface area contributed by atoms with Gasteiger partial charge in [-0.15, -0.1) is 24.8 Å². The number of hydrogen-bond acceptors (Lipinski definition) is 5. The van der Waals surface area contributed by atoms with Crippen LogP contribution in [0, 0.1) is 0 Å². The van der Waals surface area contributed by atoms with Gasteiger partial charge in [-0.3, -0.25) is 4.90 Å². The lowest BCUT2D eigenvalue weighted by atomic mass is 10.1. The first kappa shape index (κ1) is 21.1. The van der Waals surface area contributed by atoms with Crippen molar-refractivity contribution in [2.24, 2.45) is 0 Å². The van der Waals surface area contributed by atoms with Gasteiger partial charge in [0.25, 0.3) is 0 Å². The Balaban J connectivity index is 0.00000220. The van der Waals surface area contributed by atoms with Crippen LogP contribution in [0.3, 0.4) is 0 Å². The molecule has 0 aliphatic carbocycles. The van der Waals surface area contributed by atoms with Crippen molar-refractivity contribution in [1.82, 2.24) is 10.2 Å². The summed E-state index contributed by atoms with van der Waals surface area (Å²) in [5.74, 6) is 2.15. The molecule has 1 aliphatic rings. The van der Waals surface area contributed by atoms with E-state index in [0.29, 0.717) is 12.4 Å². The molecule has 128 valence electrons. The summed E-state index contributed by atoms with van der Waals surface area (Å²) < 4.78 is 16.5. The maximum atomic E-state index is 5.62. The molecule has 1 aromatic carbocycles. The summed E-state index contributed by atoms with van der Waals surface area (Å²) >= 11 is 0. The maximum Gasteiger partial charge on any atom is 0.203 e. The Bertz CT molecular complexity index is 416. The minimum atomic E-state index is 0. The molecule has 0 unspecified atom stereocenters. The third-order valence-corrected chi connectivity index (χ3v) is 3.42. The molecule has 1 fully saturated rings. The van der Waals surface area contributed by atoms with Crippen molar-refractivity contribution in [3.63, 3.8) is 0 Å². The Morgan fingerprint density at radius 1 is 1.05 bits per heavy atom. The van der Waals surface area contributed by atoms with E-state index in [0.717, 1.165) is 44.2 Å². The highest BCUT2D eigenvalue weighted by molar-refractivity contribution is 5.85. The number of nitrogens with zero attached hydrogens (tertiary/aromatic N) is 1. The zero-order valence-electron chi connectivity index (χ0n) is 13.4. The molecule has 2 rings (SSSR count). The minimum Gasteiger partial charge on any atom is -0.493 e. The predicted octanol–water partition coefficient (Wildman–Crippen LogP) is 2.35. The van der Waals surface area contributed by atoms with Crippen molar-refractivity contribution in [3.8, 4) is 17.2 Å². The number of methoxy groups -OCH3 is 2. The maximum absolute atomic E-state index is 5.62. The van der Waals surface area contributed by atoms with Gasteiger partial charge in [0.2, 0.25) is 5.75 Å². The van der Waals surface area contributed by atoms with Crippen LogP contribution in [0.4, 0.5) is 0 Å². The van der Waals surface area contributed by atoms with E-state index < -0.39 is 0 Å². The van der Waals surface area contributed by atoms with E-state index in [4.69, 9.17) is 14.2 Å². The molecule has 1 saturated heterocycles. The quantitative estimate of drug-likeness (QED) is 0.851. The highest BCUT2D eigenvalue weighted by Crippen LogP contribution is 2.38. The van der Waals surface area contributed by atoms with Gasteiger partial charge in [0.1, 0.15) is 0 Å². The molecule has 1 N–H and O–H groups in total. The van der Waals surface area contributed by atoms with Crippen LogP contribution in [-0.4, -0.2) is 51.9 Å². The second-order valence-corrected chi connectivity index (χ2v) is 4.79. The van der Waals surface area contributed by atoms with Crippen molar-refractivity contribution in [2.45, 2.75) is 13.5 Å². The zero-order chi connectivity index (χ0) is 14.4. The number of halogens is 2. The van der Waals surface area contributed by atoms with Crippen LogP contribution >= 0.6 is 24.8 Å². The number of rotatable bonds is 6. The van der Waals surface area contributed by atoms with Crippen LogP contribution in [0.5, 0.6) is 17.2 Å². The van der Waals surface area contributed by atoms with Crippen LogP contribution in [0.25, 0.3) is 0 Å². The number of benzene rings is 1. The monoisotopic (exact) mass is 352 g/mol. The zero-order valence-corrected chi connectivity index (χ0v) is 15.0. The largest absolute Gasteiger partial charge is 0.493 e. The Hall–Kier alpha value is -0.880. The van der Waals surface area contributed by atoms with Crippen LogP contribution in [0.2, 0.25) is 0 Å². The SMILES string of the molecule is CCOc1c(OC)cc(CN2CCNCC2)cc1OC.Cl.Cl. The second kappa shape index (κ2) is 10.8. The molecule has 0 radical (unpaired) electrons. The summed E-state index contributed by atoms with van der Waals surface area (Å²) in [7, 11) is 3.32. The number of piperazine rings is 1. The van der Waals surface area contributed by atoms with Gasteiger partial charge in [-0.05, 0) is 24.6 Å². The Morgan fingerprint density at radius 3 is 2.05 bits per heavy atom. The standard InChI is InChI=1S/C15H24N2O3.2ClH/c1-4-20-15-13(18-2)9-12(10-14(15)19-3)11-17-7-5-16-6-8-17;;/h9-10,16H,4-8,11H2,1-3H3;2*1H. The molecule has 5 nitrogen and oxygen atoms in total. The molecule has 0 bridgehead atoms. The summed E-state index contributed by atoms with van der Waals surface area (Å²) in [6.07, 6.45) is 0. The molecule has 22 heavy (non-hydrogen) atoms. The van der Waals surface area contributed by atoms with Crippen molar-refractivity contribution in [3.05, 3.63) is 17.7 Å². The Kier molecular flexibility index (Phi) is 10.3. The van der Waals surface area contributed by atoms with E-state index >= 15 is 0 Å². The van der Waals surface area contributed by atoms with Gasteiger partial charge in [0.15, 0.2) is 11.5 Å². The van der Waals surface area contributed by atoms with E-state index in [1.807, 2.05) is 19.1 Å². The first-order chi connectivity index (χ1) is 9.78. The average molecular weight is 353 g/mol. The molecule has 0 spiro atoms. The van der Waals surface area contributed by atoms with Gasteiger partial charge in [0, 0.05) is 32.7 Å². The van der Waals surface area contributed by atoms with Gasteiger partial charge in [0.05, 0.1) is 20.8 Å².